The molecule has 1 unspecified atom stereocenters. The highest BCUT2D eigenvalue weighted by atomic mass is 16.4. The van der Waals surface area contributed by atoms with E-state index in [0.29, 0.717) is 12.5 Å². The van der Waals surface area contributed by atoms with E-state index >= 15 is 0 Å². The van der Waals surface area contributed by atoms with E-state index in [1.807, 2.05) is 14.0 Å². The number of rotatable bonds is 7. The summed E-state index contributed by atoms with van der Waals surface area (Å²) in [6.45, 7) is 2.05. The van der Waals surface area contributed by atoms with E-state index in [-0.39, 0.29) is 12.5 Å². The van der Waals surface area contributed by atoms with Crippen molar-refractivity contribution < 1.29 is 14.7 Å². The molecule has 1 rings (SSSR count). The van der Waals surface area contributed by atoms with Gasteiger partial charge in [0, 0.05) is 13.1 Å². The highest BCUT2D eigenvalue weighted by Gasteiger charge is 2.23. The molecule has 0 aromatic heterocycles. The maximum Gasteiger partial charge on any atom is 0.320 e. The summed E-state index contributed by atoms with van der Waals surface area (Å²) in [7, 11) is 1.83. The molecule has 1 aliphatic rings. The second-order valence-electron chi connectivity index (χ2n) is 5.36. The van der Waals surface area contributed by atoms with Crippen LogP contribution in [0.1, 0.15) is 51.9 Å². The third-order valence-electron chi connectivity index (χ3n) is 3.89. The number of carboxylic acids is 1. The highest BCUT2D eigenvalue weighted by Crippen LogP contribution is 2.21. The molecule has 5 nitrogen and oxygen atoms in total. The Balaban J connectivity index is 2.38. The average molecular weight is 270 g/mol. The van der Waals surface area contributed by atoms with Gasteiger partial charge >= 0.3 is 5.97 Å². The SMILES string of the molecule is CCCC(NCC(=O)N(C)C1CCCCC1)C(=O)O. The molecule has 0 aliphatic heterocycles. The van der Waals surface area contributed by atoms with Crippen LogP contribution in [0.15, 0.2) is 0 Å². The van der Waals surface area contributed by atoms with E-state index in [2.05, 4.69) is 5.32 Å². The Morgan fingerprint density at radius 1 is 1.32 bits per heavy atom. The maximum absolute atomic E-state index is 12.0. The Kier molecular flexibility index (Phi) is 6.84. The quantitative estimate of drug-likeness (QED) is 0.737. The molecular weight excluding hydrogens is 244 g/mol. The molecule has 1 saturated carbocycles. The van der Waals surface area contributed by atoms with E-state index in [1.54, 1.807) is 4.90 Å². The molecule has 0 radical (unpaired) electrons. The van der Waals surface area contributed by atoms with Crippen molar-refractivity contribution in [2.24, 2.45) is 0 Å². The van der Waals surface area contributed by atoms with E-state index in [4.69, 9.17) is 5.11 Å². The smallest absolute Gasteiger partial charge is 0.320 e. The molecule has 1 aliphatic carbocycles. The standard InChI is InChI=1S/C14H26N2O3/c1-3-7-12(14(18)19)15-10-13(17)16(2)11-8-5-4-6-9-11/h11-12,15H,3-10H2,1-2H3,(H,18,19). The molecule has 0 aromatic rings. The third kappa shape index (κ3) is 5.19. The maximum atomic E-state index is 12.0. The summed E-state index contributed by atoms with van der Waals surface area (Å²) in [6, 6.07) is -0.286. The van der Waals surface area contributed by atoms with Gasteiger partial charge in [0.2, 0.25) is 5.91 Å². The number of carboxylic acid groups (broad SMARTS) is 1. The first-order valence-corrected chi connectivity index (χ1v) is 7.28. The summed E-state index contributed by atoms with van der Waals surface area (Å²) < 4.78 is 0. The van der Waals surface area contributed by atoms with Crippen molar-refractivity contribution in [2.45, 2.75) is 64.0 Å². The Hall–Kier alpha value is -1.10. The number of nitrogens with zero attached hydrogens (tertiary/aromatic N) is 1. The van der Waals surface area contributed by atoms with Gasteiger partial charge in [-0.3, -0.25) is 14.9 Å². The molecule has 0 spiro atoms. The van der Waals surface area contributed by atoms with Crippen molar-refractivity contribution in [1.82, 2.24) is 10.2 Å². The zero-order chi connectivity index (χ0) is 14.3. The van der Waals surface area contributed by atoms with Gasteiger partial charge in [-0.05, 0) is 19.3 Å². The fraction of sp³-hybridized carbons (Fsp3) is 0.857. The lowest BCUT2D eigenvalue weighted by molar-refractivity contribution is -0.140. The van der Waals surface area contributed by atoms with Crippen LogP contribution in [-0.4, -0.2) is 47.6 Å². The summed E-state index contributed by atoms with van der Waals surface area (Å²) in [6.07, 6.45) is 7.10. The molecule has 1 fully saturated rings. The Bertz CT molecular complexity index is 301. The lowest BCUT2D eigenvalue weighted by Gasteiger charge is -2.31. The Labute approximate surface area is 115 Å². The van der Waals surface area contributed by atoms with Crippen molar-refractivity contribution in [2.75, 3.05) is 13.6 Å². The van der Waals surface area contributed by atoms with Crippen molar-refractivity contribution in [3.05, 3.63) is 0 Å². The number of aliphatic carboxylic acids is 1. The number of likely N-dealkylation sites (N-methyl/N-ethyl adjacent to an activating group) is 1. The first-order chi connectivity index (χ1) is 9.06. The van der Waals surface area contributed by atoms with Gasteiger partial charge in [0.1, 0.15) is 6.04 Å². The van der Waals surface area contributed by atoms with Crippen LogP contribution in [0.3, 0.4) is 0 Å². The van der Waals surface area contributed by atoms with Gasteiger partial charge < -0.3 is 10.0 Å². The van der Waals surface area contributed by atoms with Crippen LogP contribution in [0.2, 0.25) is 0 Å². The van der Waals surface area contributed by atoms with Crippen LogP contribution in [0, 0.1) is 0 Å². The van der Waals surface area contributed by atoms with Crippen LogP contribution in [0.25, 0.3) is 0 Å². The minimum atomic E-state index is -0.880. The van der Waals surface area contributed by atoms with E-state index in [1.165, 1.54) is 19.3 Å². The zero-order valence-electron chi connectivity index (χ0n) is 12.0. The largest absolute Gasteiger partial charge is 0.480 e. The number of hydrogen-bond donors (Lipinski definition) is 2. The summed E-state index contributed by atoms with van der Waals surface area (Å²) in [5.74, 6) is -0.885. The van der Waals surface area contributed by atoms with Gasteiger partial charge in [-0.15, -0.1) is 0 Å². The van der Waals surface area contributed by atoms with Crippen LogP contribution < -0.4 is 5.32 Å². The number of carbonyl (C=O) groups is 2. The van der Waals surface area contributed by atoms with E-state index in [0.717, 1.165) is 19.3 Å². The van der Waals surface area contributed by atoms with Gasteiger partial charge in [0.05, 0.1) is 6.54 Å². The fourth-order valence-corrected chi connectivity index (χ4v) is 2.61. The summed E-state index contributed by atoms with van der Waals surface area (Å²) in [5.41, 5.74) is 0. The number of nitrogens with one attached hydrogen (secondary N) is 1. The van der Waals surface area contributed by atoms with Crippen molar-refractivity contribution >= 4 is 11.9 Å². The van der Waals surface area contributed by atoms with Crippen LogP contribution in [-0.2, 0) is 9.59 Å². The van der Waals surface area contributed by atoms with Crippen molar-refractivity contribution in [3.8, 4) is 0 Å². The first kappa shape index (κ1) is 16.0. The minimum Gasteiger partial charge on any atom is -0.480 e. The van der Waals surface area contributed by atoms with Gasteiger partial charge in [-0.1, -0.05) is 32.6 Å². The first-order valence-electron chi connectivity index (χ1n) is 7.28. The molecule has 1 atom stereocenters. The Morgan fingerprint density at radius 2 is 1.95 bits per heavy atom. The summed E-state index contributed by atoms with van der Waals surface area (Å²) in [4.78, 5) is 24.8. The summed E-state index contributed by atoms with van der Waals surface area (Å²) in [5, 5.41) is 11.9. The second kappa shape index (κ2) is 8.15. The molecule has 0 saturated heterocycles. The normalized spacial score (nSPS) is 18.0. The molecule has 2 N–H and O–H groups in total. The van der Waals surface area contributed by atoms with Crippen molar-refractivity contribution in [3.63, 3.8) is 0 Å². The molecule has 1 amide bonds. The number of hydrogen-bond acceptors (Lipinski definition) is 3. The van der Waals surface area contributed by atoms with Crippen LogP contribution in [0.5, 0.6) is 0 Å². The molecule has 110 valence electrons. The van der Waals surface area contributed by atoms with Gasteiger partial charge in [0.15, 0.2) is 0 Å². The molecule has 0 heterocycles. The predicted octanol–water partition coefficient (Wildman–Crippen LogP) is 1.62. The average Bonchev–Trinajstić information content (AvgIpc) is 2.42. The second-order valence-corrected chi connectivity index (χ2v) is 5.36. The van der Waals surface area contributed by atoms with E-state index < -0.39 is 12.0 Å². The van der Waals surface area contributed by atoms with Gasteiger partial charge in [-0.2, -0.15) is 0 Å². The molecule has 0 bridgehead atoms. The molecule has 0 aromatic carbocycles. The fourth-order valence-electron chi connectivity index (χ4n) is 2.61. The van der Waals surface area contributed by atoms with E-state index in [9.17, 15) is 9.59 Å². The zero-order valence-corrected chi connectivity index (χ0v) is 12.0. The predicted molar refractivity (Wildman–Crippen MR) is 74.0 cm³/mol. The van der Waals surface area contributed by atoms with Gasteiger partial charge in [-0.25, -0.2) is 0 Å². The molecule has 5 heteroatoms. The lowest BCUT2D eigenvalue weighted by atomic mass is 9.94. The molecule has 19 heavy (non-hydrogen) atoms. The monoisotopic (exact) mass is 270 g/mol. The number of amides is 1. The number of carbonyl (C=O) groups excluding carboxylic acids is 1. The van der Waals surface area contributed by atoms with Crippen LogP contribution >= 0.6 is 0 Å². The minimum absolute atomic E-state index is 0.00532. The Morgan fingerprint density at radius 3 is 2.47 bits per heavy atom. The highest BCUT2D eigenvalue weighted by molar-refractivity contribution is 5.80. The lowest BCUT2D eigenvalue weighted by Crippen LogP contribution is -2.46. The topological polar surface area (TPSA) is 69.6 Å². The van der Waals surface area contributed by atoms with Crippen LogP contribution in [0.4, 0.5) is 0 Å². The third-order valence-corrected chi connectivity index (χ3v) is 3.89. The van der Waals surface area contributed by atoms with Crippen molar-refractivity contribution in [1.29, 1.82) is 0 Å². The molecular formula is C14H26N2O3. The van der Waals surface area contributed by atoms with Gasteiger partial charge in [0.25, 0.3) is 0 Å². The summed E-state index contributed by atoms with van der Waals surface area (Å²) >= 11 is 0.